The molecule has 0 spiro atoms. The summed E-state index contributed by atoms with van der Waals surface area (Å²) in [5.74, 6) is 3.21. The molecule has 150 valence electrons. The monoisotopic (exact) mass is 392 g/mol. The van der Waals surface area contributed by atoms with Crippen LogP contribution in [0.4, 0.5) is 5.82 Å². The molecule has 1 amide bonds. The van der Waals surface area contributed by atoms with E-state index in [2.05, 4.69) is 15.3 Å². The van der Waals surface area contributed by atoms with Gasteiger partial charge in [0, 0.05) is 38.3 Å². The zero-order valence-corrected chi connectivity index (χ0v) is 16.4. The maximum absolute atomic E-state index is 12.8. The Kier molecular flexibility index (Phi) is 5.74. The van der Waals surface area contributed by atoms with E-state index in [9.17, 15) is 4.79 Å². The van der Waals surface area contributed by atoms with Gasteiger partial charge < -0.3 is 19.4 Å². The van der Waals surface area contributed by atoms with Gasteiger partial charge in [0.1, 0.15) is 29.2 Å². The van der Waals surface area contributed by atoms with E-state index >= 15 is 0 Å². The van der Waals surface area contributed by atoms with Crippen LogP contribution in [0.1, 0.15) is 34.7 Å². The minimum atomic E-state index is 0.00513. The van der Waals surface area contributed by atoms with Crippen molar-refractivity contribution in [2.45, 2.75) is 32.4 Å². The number of carbonyl (C=O) groups excluding carboxylic acids is 1. The lowest BCUT2D eigenvalue weighted by molar-refractivity contribution is 0.0594. The first-order valence-corrected chi connectivity index (χ1v) is 9.78. The maximum Gasteiger partial charge on any atom is 0.255 e. The lowest BCUT2D eigenvalue weighted by Gasteiger charge is -2.32. The van der Waals surface area contributed by atoms with E-state index < -0.39 is 0 Å². The van der Waals surface area contributed by atoms with Crippen molar-refractivity contribution < 1.29 is 13.9 Å². The highest BCUT2D eigenvalue weighted by atomic mass is 16.5. The Hall–Kier alpha value is -3.35. The summed E-state index contributed by atoms with van der Waals surface area (Å²) in [7, 11) is 0. The number of ether oxygens (including phenoxy) is 1. The number of piperidine rings is 1. The molecule has 3 aromatic heterocycles. The van der Waals surface area contributed by atoms with Crippen molar-refractivity contribution in [3.05, 3.63) is 72.1 Å². The largest absolute Gasteiger partial charge is 0.489 e. The number of furan rings is 1. The van der Waals surface area contributed by atoms with Crippen LogP contribution in [0.15, 0.2) is 59.4 Å². The second kappa shape index (κ2) is 8.77. The van der Waals surface area contributed by atoms with Crippen LogP contribution < -0.4 is 10.1 Å². The number of amides is 1. The number of nitrogens with zero attached hydrogens (tertiary/aromatic N) is 3. The van der Waals surface area contributed by atoms with Gasteiger partial charge in [0.15, 0.2) is 0 Å². The molecule has 0 radical (unpaired) electrons. The normalized spacial score (nSPS) is 14.6. The number of carbonyl (C=O) groups is 1. The quantitative estimate of drug-likeness (QED) is 0.689. The zero-order chi connectivity index (χ0) is 20.1. The summed E-state index contributed by atoms with van der Waals surface area (Å²) in [4.78, 5) is 23.0. The summed E-state index contributed by atoms with van der Waals surface area (Å²) in [6.45, 7) is 3.80. The average Bonchev–Trinajstić information content (AvgIpc) is 3.19. The number of anilines is 1. The first kappa shape index (κ1) is 19.0. The summed E-state index contributed by atoms with van der Waals surface area (Å²) in [6.07, 6.45) is 6.77. The number of pyridine rings is 2. The summed E-state index contributed by atoms with van der Waals surface area (Å²) in [6, 6.07) is 11.2. The second-order valence-electron chi connectivity index (χ2n) is 7.10. The predicted molar refractivity (Wildman–Crippen MR) is 109 cm³/mol. The van der Waals surface area contributed by atoms with E-state index in [-0.39, 0.29) is 12.0 Å². The molecule has 3 aromatic rings. The number of hydrogen-bond donors (Lipinski definition) is 1. The first-order chi connectivity index (χ1) is 14.2. The van der Waals surface area contributed by atoms with Crippen LogP contribution in [0.5, 0.6) is 5.75 Å². The molecule has 29 heavy (non-hydrogen) atoms. The van der Waals surface area contributed by atoms with Gasteiger partial charge in [0.25, 0.3) is 5.91 Å². The highest BCUT2D eigenvalue weighted by Gasteiger charge is 2.25. The van der Waals surface area contributed by atoms with Crippen LogP contribution in [0.3, 0.4) is 0 Å². The Balaban J connectivity index is 1.27. The fraction of sp³-hybridized carbons (Fsp3) is 0.318. The topological polar surface area (TPSA) is 80.5 Å². The molecule has 0 atom stereocenters. The molecule has 0 aromatic carbocycles. The standard InChI is InChI=1S/C22H24N4O3/c1-16-4-6-20(28-16)15-25-21-7-5-17(13-24-21)22(27)26-11-8-18(9-12-26)29-19-3-2-10-23-14-19/h2-7,10,13-14,18H,8-9,11-12,15H2,1H3,(H,24,25). The van der Waals surface area contributed by atoms with Crippen LogP contribution in [-0.4, -0.2) is 40.0 Å². The number of nitrogens with one attached hydrogen (secondary N) is 1. The van der Waals surface area contributed by atoms with E-state index in [1.165, 1.54) is 0 Å². The van der Waals surface area contributed by atoms with Crippen molar-refractivity contribution in [3.8, 4) is 5.75 Å². The van der Waals surface area contributed by atoms with Crippen molar-refractivity contribution in [3.63, 3.8) is 0 Å². The number of rotatable bonds is 6. The van der Waals surface area contributed by atoms with Crippen molar-refractivity contribution in [2.75, 3.05) is 18.4 Å². The Morgan fingerprint density at radius 3 is 2.72 bits per heavy atom. The van der Waals surface area contributed by atoms with E-state index in [0.717, 1.165) is 30.1 Å². The van der Waals surface area contributed by atoms with Gasteiger partial charge >= 0.3 is 0 Å². The highest BCUT2D eigenvalue weighted by molar-refractivity contribution is 5.94. The number of aryl methyl sites for hydroxylation is 1. The van der Waals surface area contributed by atoms with Crippen molar-refractivity contribution in [2.24, 2.45) is 0 Å². The van der Waals surface area contributed by atoms with Gasteiger partial charge in [-0.05, 0) is 43.3 Å². The minimum Gasteiger partial charge on any atom is -0.489 e. The molecule has 4 heterocycles. The number of aromatic nitrogens is 2. The number of likely N-dealkylation sites (tertiary alicyclic amines) is 1. The molecule has 1 aliphatic rings. The van der Waals surface area contributed by atoms with Gasteiger partial charge in [-0.15, -0.1) is 0 Å². The average molecular weight is 392 g/mol. The molecule has 7 heteroatoms. The molecule has 0 saturated carbocycles. The third-order valence-electron chi connectivity index (χ3n) is 4.92. The van der Waals surface area contributed by atoms with Crippen molar-refractivity contribution in [1.82, 2.24) is 14.9 Å². The summed E-state index contributed by atoms with van der Waals surface area (Å²) >= 11 is 0. The summed E-state index contributed by atoms with van der Waals surface area (Å²) in [5, 5.41) is 3.20. The second-order valence-corrected chi connectivity index (χ2v) is 7.10. The third kappa shape index (κ3) is 4.93. The molecule has 4 rings (SSSR count). The van der Waals surface area contributed by atoms with Crippen LogP contribution in [0.2, 0.25) is 0 Å². The van der Waals surface area contributed by atoms with E-state index in [0.29, 0.717) is 31.0 Å². The Bertz CT molecular complexity index is 932. The van der Waals surface area contributed by atoms with Gasteiger partial charge in [0.2, 0.25) is 0 Å². The first-order valence-electron chi connectivity index (χ1n) is 9.78. The van der Waals surface area contributed by atoms with E-state index in [1.54, 1.807) is 18.6 Å². The molecule has 7 nitrogen and oxygen atoms in total. The molecule has 0 unspecified atom stereocenters. The highest BCUT2D eigenvalue weighted by Crippen LogP contribution is 2.20. The molecule has 1 fully saturated rings. The van der Waals surface area contributed by atoms with Gasteiger partial charge in [-0.1, -0.05) is 0 Å². The van der Waals surface area contributed by atoms with Gasteiger partial charge in [0.05, 0.1) is 18.3 Å². The van der Waals surface area contributed by atoms with Gasteiger partial charge in [-0.2, -0.15) is 0 Å². The minimum absolute atomic E-state index is 0.00513. The van der Waals surface area contributed by atoms with E-state index in [4.69, 9.17) is 9.15 Å². The summed E-state index contributed by atoms with van der Waals surface area (Å²) < 4.78 is 11.5. The molecule has 1 aliphatic heterocycles. The zero-order valence-electron chi connectivity index (χ0n) is 16.4. The molecular weight excluding hydrogens is 368 g/mol. The molecule has 0 bridgehead atoms. The Morgan fingerprint density at radius 2 is 2.07 bits per heavy atom. The lowest BCUT2D eigenvalue weighted by atomic mass is 10.1. The van der Waals surface area contributed by atoms with Crippen LogP contribution in [0.25, 0.3) is 0 Å². The van der Waals surface area contributed by atoms with Crippen LogP contribution >= 0.6 is 0 Å². The van der Waals surface area contributed by atoms with Crippen molar-refractivity contribution in [1.29, 1.82) is 0 Å². The van der Waals surface area contributed by atoms with Crippen molar-refractivity contribution >= 4 is 11.7 Å². The number of hydrogen-bond acceptors (Lipinski definition) is 6. The SMILES string of the molecule is Cc1ccc(CNc2ccc(C(=O)N3CCC(Oc4cccnc4)CC3)cn2)o1. The Labute approximate surface area is 169 Å². The fourth-order valence-electron chi connectivity index (χ4n) is 3.35. The summed E-state index contributed by atoms with van der Waals surface area (Å²) in [5.41, 5.74) is 0.594. The molecular formula is C22H24N4O3. The maximum atomic E-state index is 12.8. The van der Waals surface area contributed by atoms with Gasteiger partial charge in [-0.25, -0.2) is 4.98 Å². The predicted octanol–water partition coefficient (Wildman–Crippen LogP) is 3.67. The third-order valence-corrected chi connectivity index (χ3v) is 4.92. The smallest absolute Gasteiger partial charge is 0.255 e. The lowest BCUT2D eigenvalue weighted by Crippen LogP contribution is -2.41. The van der Waals surface area contributed by atoms with Gasteiger partial charge in [-0.3, -0.25) is 9.78 Å². The van der Waals surface area contributed by atoms with E-state index in [1.807, 2.05) is 48.2 Å². The molecule has 1 N–H and O–H groups in total. The van der Waals surface area contributed by atoms with Crippen LogP contribution in [-0.2, 0) is 6.54 Å². The van der Waals surface area contributed by atoms with Crippen LogP contribution in [0, 0.1) is 6.92 Å². The fourth-order valence-corrected chi connectivity index (χ4v) is 3.35. The Morgan fingerprint density at radius 1 is 1.21 bits per heavy atom. The molecule has 1 saturated heterocycles. The molecule has 0 aliphatic carbocycles.